The monoisotopic (exact) mass is 386 g/mol. The van der Waals surface area contributed by atoms with Gasteiger partial charge in [-0.3, -0.25) is 0 Å². The Morgan fingerprint density at radius 3 is 2.69 bits per heavy atom. The maximum Gasteiger partial charge on any atom is 0.422 e. The van der Waals surface area contributed by atoms with E-state index in [0.29, 0.717) is 24.6 Å². The number of nitrogens with one attached hydrogen (secondary N) is 2. The van der Waals surface area contributed by atoms with Crippen LogP contribution in [0.25, 0.3) is 0 Å². The fraction of sp³-hybridized carbons (Fsp3) is 0.412. The Balaban J connectivity index is 2.01. The second-order valence-corrected chi connectivity index (χ2v) is 6.74. The number of guanidine groups is 1. The quantitative estimate of drug-likeness (QED) is 0.563. The third kappa shape index (κ3) is 6.91. The number of benzene rings is 1. The van der Waals surface area contributed by atoms with Crippen molar-refractivity contribution in [2.75, 3.05) is 13.2 Å². The van der Waals surface area contributed by atoms with Gasteiger partial charge in [-0.1, -0.05) is 18.2 Å². The number of para-hydroxylation sites is 1. The largest absolute Gasteiger partial charge is 0.484 e. The third-order valence-corrected chi connectivity index (χ3v) is 4.10. The van der Waals surface area contributed by atoms with E-state index in [1.165, 1.54) is 6.07 Å². The molecule has 1 heterocycles. The molecule has 0 saturated heterocycles. The maximum absolute atomic E-state index is 12.4. The van der Waals surface area contributed by atoms with E-state index in [1.54, 1.807) is 35.7 Å². The van der Waals surface area contributed by atoms with E-state index < -0.39 is 12.8 Å². The Hall–Kier alpha value is -2.29. The lowest BCUT2D eigenvalue weighted by atomic mass is 10.2. The summed E-state index contributed by atoms with van der Waals surface area (Å²) in [5, 5.41) is 7.20. The third-order valence-electron chi connectivity index (χ3n) is 3.19. The Kier molecular flexibility index (Phi) is 7.26. The number of hydrogen-bond acceptors (Lipinski definition) is 4. The average Bonchev–Trinajstić information content (AvgIpc) is 3.01. The van der Waals surface area contributed by atoms with E-state index in [0.717, 1.165) is 9.88 Å². The summed E-state index contributed by atoms with van der Waals surface area (Å²) in [6.45, 7) is 3.98. The molecule has 0 saturated carbocycles. The molecule has 0 radical (unpaired) electrons. The molecule has 0 bridgehead atoms. The first-order valence-corrected chi connectivity index (χ1v) is 8.90. The topological polar surface area (TPSA) is 58.5 Å². The number of thiazole rings is 1. The predicted molar refractivity (Wildman–Crippen MR) is 96.5 cm³/mol. The van der Waals surface area contributed by atoms with Gasteiger partial charge in [0.15, 0.2) is 12.6 Å². The molecule has 26 heavy (non-hydrogen) atoms. The number of aryl methyl sites for hydroxylation is 1. The normalized spacial score (nSPS) is 12.1. The van der Waals surface area contributed by atoms with Gasteiger partial charge in [0.05, 0.1) is 13.1 Å². The van der Waals surface area contributed by atoms with Crippen molar-refractivity contribution in [1.29, 1.82) is 0 Å². The average molecular weight is 386 g/mol. The molecule has 1 aromatic heterocycles. The molecule has 1 aromatic carbocycles. The van der Waals surface area contributed by atoms with Crippen LogP contribution in [0, 0.1) is 6.92 Å². The van der Waals surface area contributed by atoms with Crippen molar-refractivity contribution in [2.24, 2.45) is 4.99 Å². The summed E-state index contributed by atoms with van der Waals surface area (Å²) < 4.78 is 42.0. The van der Waals surface area contributed by atoms with Crippen LogP contribution in [0.1, 0.15) is 22.4 Å². The predicted octanol–water partition coefficient (Wildman–Crippen LogP) is 3.65. The highest BCUT2D eigenvalue weighted by Gasteiger charge is 2.28. The molecule has 0 aliphatic heterocycles. The van der Waals surface area contributed by atoms with Crippen LogP contribution in [0.4, 0.5) is 13.2 Å². The van der Waals surface area contributed by atoms with Crippen molar-refractivity contribution in [3.8, 4) is 5.75 Å². The summed E-state index contributed by atoms with van der Waals surface area (Å²) >= 11 is 1.59. The lowest BCUT2D eigenvalue weighted by Crippen LogP contribution is -2.36. The molecule has 0 atom stereocenters. The van der Waals surface area contributed by atoms with E-state index in [2.05, 4.69) is 20.6 Å². The van der Waals surface area contributed by atoms with E-state index in [1.807, 2.05) is 13.8 Å². The first-order valence-electron chi connectivity index (χ1n) is 8.08. The summed E-state index contributed by atoms with van der Waals surface area (Å²) in [7, 11) is 0. The number of aliphatic imine (C=N–C) groups is 1. The van der Waals surface area contributed by atoms with Crippen molar-refractivity contribution in [1.82, 2.24) is 15.6 Å². The van der Waals surface area contributed by atoms with Gasteiger partial charge < -0.3 is 15.4 Å². The van der Waals surface area contributed by atoms with Crippen molar-refractivity contribution in [3.63, 3.8) is 0 Å². The van der Waals surface area contributed by atoms with E-state index in [9.17, 15) is 13.2 Å². The number of aromatic nitrogens is 1. The number of hydrogen-bond donors (Lipinski definition) is 2. The zero-order valence-electron chi connectivity index (χ0n) is 14.6. The van der Waals surface area contributed by atoms with Crippen LogP contribution in [-0.2, 0) is 13.1 Å². The summed E-state index contributed by atoms with van der Waals surface area (Å²) in [5.74, 6) is 0.742. The molecule has 0 amide bonds. The van der Waals surface area contributed by atoms with Gasteiger partial charge in [0.25, 0.3) is 0 Å². The smallest absolute Gasteiger partial charge is 0.422 e. The van der Waals surface area contributed by atoms with Gasteiger partial charge in [0, 0.05) is 23.2 Å². The van der Waals surface area contributed by atoms with Gasteiger partial charge >= 0.3 is 6.18 Å². The van der Waals surface area contributed by atoms with Gasteiger partial charge in [-0.2, -0.15) is 13.2 Å². The van der Waals surface area contributed by atoms with Gasteiger partial charge in [0.2, 0.25) is 0 Å². The van der Waals surface area contributed by atoms with Crippen LogP contribution in [0.2, 0.25) is 0 Å². The minimum Gasteiger partial charge on any atom is -0.484 e. The zero-order chi connectivity index (χ0) is 19.0. The SMILES string of the molecule is CCNC(=NCc1ccccc1OCC(F)(F)F)NCc1ncc(C)s1. The molecule has 0 spiro atoms. The molecular formula is C17H21F3N4OS. The van der Waals surface area contributed by atoms with Crippen LogP contribution in [0.15, 0.2) is 35.5 Å². The Labute approximate surface area is 154 Å². The second-order valence-electron chi connectivity index (χ2n) is 5.42. The van der Waals surface area contributed by atoms with Crippen molar-refractivity contribution in [3.05, 3.63) is 45.9 Å². The van der Waals surface area contributed by atoms with Crippen LogP contribution in [0.5, 0.6) is 5.75 Å². The standard InChI is InChI=1S/C17H21F3N4OS/c1-3-21-16(24-10-15-22-8-12(2)26-15)23-9-13-6-4-5-7-14(13)25-11-17(18,19)20/h4-8H,3,9-11H2,1-2H3,(H2,21,23,24). The molecule has 5 nitrogen and oxygen atoms in total. The minimum atomic E-state index is -4.38. The van der Waals surface area contributed by atoms with Gasteiger partial charge in [-0.05, 0) is 19.9 Å². The van der Waals surface area contributed by atoms with E-state index >= 15 is 0 Å². The van der Waals surface area contributed by atoms with Crippen molar-refractivity contribution in [2.45, 2.75) is 33.1 Å². The molecule has 0 aliphatic rings. The maximum atomic E-state index is 12.4. The first kappa shape index (κ1) is 20.0. The van der Waals surface area contributed by atoms with Crippen LogP contribution < -0.4 is 15.4 Å². The summed E-state index contributed by atoms with van der Waals surface area (Å²) in [6.07, 6.45) is -2.57. The molecule has 2 rings (SSSR count). The minimum absolute atomic E-state index is 0.181. The lowest BCUT2D eigenvalue weighted by Gasteiger charge is -2.13. The molecule has 2 N–H and O–H groups in total. The van der Waals surface area contributed by atoms with Gasteiger partial charge in [-0.15, -0.1) is 11.3 Å². The number of rotatable bonds is 7. The van der Waals surface area contributed by atoms with Gasteiger partial charge in [0.1, 0.15) is 10.8 Å². The van der Waals surface area contributed by atoms with Gasteiger partial charge in [-0.25, -0.2) is 9.98 Å². The summed E-state index contributed by atoms with van der Waals surface area (Å²) in [5.41, 5.74) is 0.582. The fourth-order valence-corrected chi connectivity index (χ4v) is 2.81. The molecule has 9 heteroatoms. The molecule has 0 aliphatic carbocycles. The Morgan fingerprint density at radius 2 is 2.04 bits per heavy atom. The van der Waals surface area contributed by atoms with E-state index in [4.69, 9.17) is 4.74 Å². The highest BCUT2D eigenvalue weighted by atomic mass is 32.1. The molecule has 0 fully saturated rings. The van der Waals surface area contributed by atoms with E-state index in [-0.39, 0.29) is 12.3 Å². The summed E-state index contributed by atoms with van der Waals surface area (Å²) in [4.78, 5) is 9.82. The van der Waals surface area contributed by atoms with Crippen LogP contribution >= 0.6 is 11.3 Å². The van der Waals surface area contributed by atoms with Crippen molar-refractivity contribution < 1.29 is 17.9 Å². The molecular weight excluding hydrogens is 365 g/mol. The van der Waals surface area contributed by atoms with Crippen LogP contribution in [0.3, 0.4) is 0 Å². The number of nitrogens with zero attached hydrogens (tertiary/aromatic N) is 2. The molecule has 142 valence electrons. The zero-order valence-corrected chi connectivity index (χ0v) is 15.4. The fourth-order valence-electron chi connectivity index (χ4n) is 2.08. The summed E-state index contributed by atoms with van der Waals surface area (Å²) in [6, 6.07) is 6.58. The Morgan fingerprint density at radius 1 is 1.27 bits per heavy atom. The lowest BCUT2D eigenvalue weighted by molar-refractivity contribution is -0.153. The molecule has 0 unspecified atom stereocenters. The van der Waals surface area contributed by atoms with Crippen LogP contribution in [-0.4, -0.2) is 30.3 Å². The highest BCUT2D eigenvalue weighted by molar-refractivity contribution is 7.11. The molecule has 2 aromatic rings. The van der Waals surface area contributed by atoms with Crippen molar-refractivity contribution >= 4 is 17.3 Å². The Bertz CT molecular complexity index is 731. The highest BCUT2D eigenvalue weighted by Crippen LogP contribution is 2.22. The second kappa shape index (κ2) is 9.42. The number of alkyl halides is 3. The first-order chi connectivity index (χ1) is 12.4. The number of halogens is 3. The number of ether oxygens (including phenoxy) is 1.